The number of nitrogens with one attached hydrogen (secondary N) is 1. The first-order valence-corrected chi connectivity index (χ1v) is 10.2. The van der Waals surface area contributed by atoms with Gasteiger partial charge in [-0.15, -0.1) is 0 Å². The van der Waals surface area contributed by atoms with Gasteiger partial charge in [0.1, 0.15) is 0 Å². The minimum Gasteiger partial charge on any atom is -0.310 e. The molecule has 3 heterocycles. The Balaban J connectivity index is 1.64. The average Bonchev–Trinajstić information content (AvgIpc) is 2.72. The smallest absolute Gasteiger partial charge is 0.0544 e. The highest BCUT2D eigenvalue weighted by Gasteiger charge is 2.16. The first-order chi connectivity index (χ1) is 14.0. The van der Waals surface area contributed by atoms with Gasteiger partial charge < -0.3 is 5.32 Å². The van der Waals surface area contributed by atoms with E-state index >= 15 is 0 Å². The molecule has 1 atom stereocenters. The maximum absolute atomic E-state index is 4.60. The quantitative estimate of drug-likeness (QED) is 0.600. The van der Waals surface area contributed by atoms with Crippen LogP contribution in [0, 0.1) is 20.8 Å². The van der Waals surface area contributed by atoms with Crippen LogP contribution in [0.1, 0.15) is 40.7 Å². The van der Waals surface area contributed by atoms with Gasteiger partial charge in [-0.25, -0.2) is 0 Å². The van der Waals surface area contributed by atoms with E-state index in [9.17, 15) is 0 Å². The summed E-state index contributed by atoms with van der Waals surface area (Å²) in [5, 5.41) is 3.55. The van der Waals surface area contributed by atoms with Crippen molar-refractivity contribution in [2.75, 3.05) is 6.54 Å². The molecule has 0 bridgehead atoms. The van der Waals surface area contributed by atoms with Gasteiger partial charge in [0, 0.05) is 50.8 Å². The number of aromatic nitrogens is 3. The summed E-state index contributed by atoms with van der Waals surface area (Å²) in [6.45, 7) is 11.7. The van der Waals surface area contributed by atoms with E-state index in [1.54, 1.807) is 0 Å². The maximum atomic E-state index is 4.60. The summed E-state index contributed by atoms with van der Waals surface area (Å²) in [7, 11) is 0. The highest BCUT2D eigenvalue weighted by molar-refractivity contribution is 5.15. The molecule has 3 rings (SSSR count). The first-order valence-electron chi connectivity index (χ1n) is 10.2. The summed E-state index contributed by atoms with van der Waals surface area (Å²) in [4.78, 5) is 16.1. The largest absolute Gasteiger partial charge is 0.310 e. The van der Waals surface area contributed by atoms with E-state index in [2.05, 4.69) is 89.3 Å². The van der Waals surface area contributed by atoms with Crippen LogP contribution in [0.5, 0.6) is 0 Å². The standard InChI is InChI=1S/C24H31N5/c1-18-5-8-22(26-11-18)15-25-14-21(4)29(16-23-9-6-19(2)12-27-23)17-24-10-7-20(3)13-28-24/h5-13,21,25H,14-17H2,1-4H3. The van der Waals surface area contributed by atoms with Crippen molar-refractivity contribution in [1.82, 2.24) is 25.2 Å². The van der Waals surface area contributed by atoms with E-state index < -0.39 is 0 Å². The summed E-state index contributed by atoms with van der Waals surface area (Å²) in [5.74, 6) is 0. The second kappa shape index (κ2) is 10.2. The van der Waals surface area contributed by atoms with E-state index in [-0.39, 0.29) is 0 Å². The lowest BCUT2D eigenvalue weighted by molar-refractivity contribution is 0.182. The van der Waals surface area contributed by atoms with Gasteiger partial charge in [-0.3, -0.25) is 19.9 Å². The van der Waals surface area contributed by atoms with Crippen LogP contribution < -0.4 is 5.32 Å². The minimum absolute atomic E-state index is 0.326. The molecule has 0 fully saturated rings. The zero-order valence-electron chi connectivity index (χ0n) is 17.9. The molecule has 0 aliphatic heterocycles. The molecule has 0 saturated heterocycles. The molecule has 0 aromatic carbocycles. The molecular formula is C24H31N5. The van der Waals surface area contributed by atoms with Crippen LogP contribution in [-0.2, 0) is 19.6 Å². The fourth-order valence-corrected chi connectivity index (χ4v) is 3.11. The maximum Gasteiger partial charge on any atom is 0.0544 e. The third-order valence-corrected chi connectivity index (χ3v) is 5.02. The number of hydrogen-bond acceptors (Lipinski definition) is 5. The third-order valence-electron chi connectivity index (χ3n) is 5.02. The van der Waals surface area contributed by atoms with Crippen molar-refractivity contribution in [3.8, 4) is 0 Å². The van der Waals surface area contributed by atoms with Gasteiger partial charge in [0.25, 0.3) is 0 Å². The van der Waals surface area contributed by atoms with E-state index in [1.807, 2.05) is 18.6 Å². The van der Waals surface area contributed by atoms with E-state index in [4.69, 9.17) is 0 Å². The van der Waals surface area contributed by atoms with Crippen molar-refractivity contribution in [3.05, 3.63) is 88.8 Å². The summed E-state index contributed by atoms with van der Waals surface area (Å²) in [5.41, 5.74) is 6.77. The van der Waals surface area contributed by atoms with Crippen LogP contribution in [0.4, 0.5) is 0 Å². The van der Waals surface area contributed by atoms with Crippen molar-refractivity contribution in [3.63, 3.8) is 0 Å². The Morgan fingerprint density at radius 1 is 0.724 bits per heavy atom. The average molecular weight is 390 g/mol. The normalized spacial score (nSPS) is 12.3. The monoisotopic (exact) mass is 389 g/mol. The molecule has 0 saturated carbocycles. The SMILES string of the molecule is Cc1ccc(CNCC(C)N(Cc2ccc(C)cn2)Cc2ccc(C)cn2)nc1. The second-order valence-electron chi connectivity index (χ2n) is 7.87. The Kier molecular flexibility index (Phi) is 7.44. The fourth-order valence-electron chi connectivity index (χ4n) is 3.11. The van der Waals surface area contributed by atoms with Gasteiger partial charge in [-0.2, -0.15) is 0 Å². The minimum atomic E-state index is 0.326. The molecule has 0 radical (unpaired) electrons. The lowest BCUT2D eigenvalue weighted by Crippen LogP contribution is -2.39. The number of rotatable bonds is 9. The van der Waals surface area contributed by atoms with Crippen molar-refractivity contribution >= 4 is 0 Å². The second-order valence-corrected chi connectivity index (χ2v) is 7.87. The molecule has 1 N–H and O–H groups in total. The number of aryl methyl sites for hydroxylation is 3. The number of pyridine rings is 3. The highest BCUT2D eigenvalue weighted by Crippen LogP contribution is 2.12. The van der Waals surface area contributed by atoms with Crippen molar-refractivity contribution in [2.24, 2.45) is 0 Å². The molecule has 0 aliphatic carbocycles. The molecule has 29 heavy (non-hydrogen) atoms. The zero-order valence-corrected chi connectivity index (χ0v) is 17.9. The van der Waals surface area contributed by atoms with Crippen LogP contribution in [0.3, 0.4) is 0 Å². The van der Waals surface area contributed by atoms with Crippen LogP contribution in [0.2, 0.25) is 0 Å². The molecule has 0 spiro atoms. The van der Waals surface area contributed by atoms with Crippen molar-refractivity contribution in [1.29, 1.82) is 0 Å². The predicted molar refractivity (Wildman–Crippen MR) is 117 cm³/mol. The first kappa shape index (κ1) is 21.1. The van der Waals surface area contributed by atoms with Gasteiger partial charge >= 0.3 is 0 Å². The van der Waals surface area contributed by atoms with Crippen molar-refractivity contribution < 1.29 is 0 Å². The van der Waals surface area contributed by atoms with Gasteiger partial charge in [0.2, 0.25) is 0 Å². The van der Waals surface area contributed by atoms with Gasteiger partial charge in [0.05, 0.1) is 17.1 Å². The Labute approximate surface area is 174 Å². The topological polar surface area (TPSA) is 53.9 Å². The lowest BCUT2D eigenvalue weighted by Gasteiger charge is -2.29. The zero-order chi connectivity index (χ0) is 20.6. The molecule has 5 nitrogen and oxygen atoms in total. The number of nitrogens with zero attached hydrogens (tertiary/aromatic N) is 4. The summed E-state index contributed by atoms with van der Waals surface area (Å²) >= 11 is 0. The number of hydrogen-bond donors (Lipinski definition) is 1. The Morgan fingerprint density at radius 2 is 1.17 bits per heavy atom. The predicted octanol–water partition coefficient (Wildman–Crippen LogP) is 3.98. The summed E-state index contributed by atoms with van der Waals surface area (Å²) in [6, 6.07) is 13.0. The van der Waals surface area contributed by atoms with E-state index in [0.717, 1.165) is 43.3 Å². The molecule has 0 amide bonds. The molecular weight excluding hydrogens is 358 g/mol. The molecule has 0 aliphatic rings. The van der Waals surface area contributed by atoms with Crippen LogP contribution in [0.15, 0.2) is 55.0 Å². The summed E-state index contributed by atoms with van der Waals surface area (Å²) < 4.78 is 0. The van der Waals surface area contributed by atoms with Crippen LogP contribution in [-0.4, -0.2) is 32.4 Å². The Bertz CT molecular complexity index is 825. The fraction of sp³-hybridized carbons (Fsp3) is 0.375. The Hall–Kier alpha value is -2.63. The van der Waals surface area contributed by atoms with E-state index in [1.165, 1.54) is 16.7 Å². The van der Waals surface area contributed by atoms with Gasteiger partial charge in [0.15, 0.2) is 0 Å². The molecule has 3 aromatic rings. The summed E-state index contributed by atoms with van der Waals surface area (Å²) in [6.07, 6.45) is 5.78. The van der Waals surface area contributed by atoms with Gasteiger partial charge in [-0.1, -0.05) is 18.2 Å². The Morgan fingerprint density at radius 3 is 1.59 bits per heavy atom. The molecule has 3 aromatic heterocycles. The molecule has 5 heteroatoms. The lowest BCUT2D eigenvalue weighted by atomic mass is 10.2. The highest BCUT2D eigenvalue weighted by atomic mass is 15.2. The molecule has 1 unspecified atom stereocenters. The van der Waals surface area contributed by atoms with Gasteiger partial charge in [-0.05, 0) is 62.6 Å². The van der Waals surface area contributed by atoms with Crippen LogP contribution >= 0.6 is 0 Å². The van der Waals surface area contributed by atoms with Crippen LogP contribution in [0.25, 0.3) is 0 Å². The van der Waals surface area contributed by atoms with Crippen molar-refractivity contribution in [2.45, 2.75) is 53.4 Å². The third kappa shape index (κ3) is 6.73. The van der Waals surface area contributed by atoms with E-state index in [0.29, 0.717) is 6.04 Å². The molecule has 152 valence electrons.